The largest absolute Gasteiger partial charge is 0.462 e. The summed E-state index contributed by atoms with van der Waals surface area (Å²) in [6.45, 7) is 20.3. The third kappa shape index (κ3) is 12.7. The van der Waals surface area contributed by atoms with Gasteiger partial charge in [0.2, 0.25) is 0 Å². The lowest BCUT2D eigenvalue weighted by Crippen LogP contribution is -2.25. The van der Waals surface area contributed by atoms with Crippen molar-refractivity contribution in [3.8, 4) is 23.0 Å². The normalized spacial score (nSPS) is 12.1. The fourth-order valence-electron chi connectivity index (χ4n) is 8.74. The zero-order chi connectivity index (χ0) is 59.7. The van der Waals surface area contributed by atoms with Crippen LogP contribution in [0.15, 0.2) is 73.8 Å². The Morgan fingerprint density at radius 1 is 0.366 bits per heavy atom. The van der Waals surface area contributed by atoms with Crippen LogP contribution < -0.4 is 13.8 Å². The number of aryl methyl sites for hydroxylation is 2. The predicted octanol–water partition coefficient (Wildman–Crippen LogP) is 10.8. The van der Waals surface area contributed by atoms with Crippen LogP contribution in [0, 0.1) is 13.8 Å². The number of hydrogen-bond acceptors (Lipinski definition) is 19. The van der Waals surface area contributed by atoms with Crippen LogP contribution in [0.3, 0.4) is 0 Å². The summed E-state index contributed by atoms with van der Waals surface area (Å²) in [7, 11) is -4.93. The van der Waals surface area contributed by atoms with Crippen LogP contribution >= 0.6 is 16.9 Å². The maximum Gasteiger partial charge on any atom is 0.340 e. The van der Waals surface area contributed by atoms with E-state index in [0.717, 1.165) is 0 Å². The van der Waals surface area contributed by atoms with E-state index in [4.69, 9.17) is 51.7 Å². The molecule has 23 nitrogen and oxygen atoms in total. The maximum absolute atomic E-state index is 13.6. The maximum atomic E-state index is 13.6. The van der Waals surface area contributed by atoms with Crippen molar-refractivity contribution in [3.05, 3.63) is 141 Å². The molecule has 2 aromatic carbocycles. The van der Waals surface area contributed by atoms with Crippen molar-refractivity contribution < 1.29 is 90.0 Å². The molecule has 0 spiro atoms. The van der Waals surface area contributed by atoms with Crippen LogP contribution in [0.2, 0.25) is 0 Å². The van der Waals surface area contributed by atoms with Crippen molar-refractivity contribution in [2.24, 2.45) is 0 Å². The average molecular weight is 1170 g/mol. The first-order valence-electron chi connectivity index (χ1n) is 26.4. The monoisotopic (exact) mass is 1170 g/mol. The van der Waals surface area contributed by atoms with E-state index < -0.39 is 70.1 Å². The first-order valence-corrected chi connectivity index (χ1v) is 28.7. The molecule has 25 heteroatoms. The Balaban J connectivity index is 1.46. The number of aromatic nitrogens is 4. The van der Waals surface area contributed by atoms with E-state index in [0.29, 0.717) is 22.3 Å². The minimum atomic E-state index is -2.47. The molecule has 7 rings (SSSR count). The molecular formula is C57H64N4O19P2. The average Bonchev–Trinajstić information content (AvgIpc) is 2.26. The van der Waals surface area contributed by atoms with E-state index in [1.54, 1.807) is 67.5 Å². The Labute approximate surface area is 475 Å². The second kappa shape index (κ2) is 26.4. The Bertz CT molecular complexity index is 2920. The van der Waals surface area contributed by atoms with Crippen LogP contribution in [0.25, 0.3) is 0 Å². The van der Waals surface area contributed by atoms with E-state index in [1.807, 2.05) is 39.8 Å². The summed E-state index contributed by atoms with van der Waals surface area (Å²) in [5.41, 5.74) is 0.445. The first-order chi connectivity index (χ1) is 39.2. The summed E-state index contributed by atoms with van der Waals surface area (Å²) < 4.78 is 69.8. The van der Waals surface area contributed by atoms with E-state index in [9.17, 15) is 38.4 Å². The van der Waals surface area contributed by atoms with Crippen molar-refractivity contribution in [2.45, 2.75) is 88.5 Å². The number of carbonyl (C=O) groups excluding carboxylic acids is 8. The van der Waals surface area contributed by atoms with Gasteiger partial charge in [0.1, 0.15) is 0 Å². The lowest BCUT2D eigenvalue weighted by molar-refractivity contribution is 0.0480. The Hall–Kier alpha value is -8.42. The van der Waals surface area contributed by atoms with Gasteiger partial charge in [-0.25, -0.2) is 38.4 Å². The smallest absolute Gasteiger partial charge is 0.340 e. The van der Waals surface area contributed by atoms with Gasteiger partial charge in [0, 0.05) is 66.1 Å². The Morgan fingerprint density at radius 3 is 0.744 bits per heavy atom. The molecule has 0 unspecified atom stereocenters. The minimum absolute atomic E-state index is 0.0263. The number of ether oxygens (including phenoxy) is 9. The van der Waals surface area contributed by atoms with Crippen LogP contribution in [0.4, 0.5) is 0 Å². The molecule has 82 heavy (non-hydrogen) atoms. The number of fused-ring (bicyclic) bond motifs is 2. The number of hydrogen-bond donors (Lipinski definition) is 0. The van der Waals surface area contributed by atoms with E-state index >= 15 is 0 Å². The lowest BCUT2D eigenvalue weighted by Gasteiger charge is -2.37. The minimum Gasteiger partial charge on any atom is -0.462 e. The molecule has 1 aliphatic heterocycles. The van der Waals surface area contributed by atoms with Crippen LogP contribution in [0.1, 0.15) is 174 Å². The lowest BCUT2D eigenvalue weighted by atomic mass is 9.74. The number of rotatable bonds is 24. The SMILES string of the molecule is CCOC(=O)c1cn(P(Oc2cc(C)cc3c2Oc2c(OP(n4cc(C(=O)OCC)c(C(=O)OCC)c4)n4cc(C(=O)OCC)c(C(=O)OCC)c4)cc(C)cc2C3(C)C)n2cc(C(=O)OCC)c(C(=O)OCC)c2)cc1C(=O)OCC. The topological polar surface area (TPSA) is 258 Å². The molecule has 0 N–H and O–H groups in total. The summed E-state index contributed by atoms with van der Waals surface area (Å²) in [6, 6.07) is 7.24. The van der Waals surface area contributed by atoms with Gasteiger partial charge in [-0.1, -0.05) is 26.0 Å². The van der Waals surface area contributed by atoms with Gasteiger partial charge >= 0.3 is 64.7 Å². The summed E-state index contributed by atoms with van der Waals surface area (Å²) in [6.07, 6.45) is 10.7. The molecule has 0 atom stereocenters. The highest BCUT2D eigenvalue weighted by Crippen LogP contribution is 2.59. The number of benzene rings is 2. The van der Waals surface area contributed by atoms with Crippen LogP contribution in [-0.2, 0) is 43.3 Å². The summed E-state index contributed by atoms with van der Waals surface area (Å²) in [5.74, 6) is -6.17. The van der Waals surface area contributed by atoms with Gasteiger partial charge in [0.15, 0.2) is 23.0 Å². The van der Waals surface area contributed by atoms with Crippen molar-refractivity contribution >= 4 is 64.7 Å². The van der Waals surface area contributed by atoms with Gasteiger partial charge < -0.3 is 51.7 Å². The fraction of sp³-hybridized carbons (Fsp3) is 0.368. The number of esters is 8. The number of carbonyl (C=O) groups is 8. The van der Waals surface area contributed by atoms with Crippen LogP contribution in [0.5, 0.6) is 23.0 Å². The molecule has 0 saturated heterocycles. The van der Waals surface area contributed by atoms with E-state index in [-0.39, 0.29) is 120 Å². The van der Waals surface area contributed by atoms with Crippen molar-refractivity contribution in [1.29, 1.82) is 0 Å². The third-order valence-electron chi connectivity index (χ3n) is 12.3. The summed E-state index contributed by atoms with van der Waals surface area (Å²) >= 11 is 0. The quantitative estimate of drug-likeness (QED) is 0.0310. The highest BCUT2D eigenvalue weighted by Gasteiger charge is 2.41. The molecule has 0 bridgehead atoms. The van der Waals surface area contributed by atoms with Crippen molar-refractivity contribution in [1.82, 2.24) is 17.4 Å². The molecule has 0 radical (unpaired) electrons. The molecule has 0 amide bonds. The molecule has 4 aromatic heterocycles. The number of nitrogens with zero attached hydrogens (tertiary/aromatic N) is 4. The zero-order valence-electron chi connectivity index (χ0n) is 47.5. The van der Waals surface area contributed by atoms with Crippen molar-refractivity contribution in [3.63, 3.8) is 0 Å². The Kier molecular flexibility index (Phi) is 19.7. The molecule has 0 aliphatic carbocycles. The van der Waals surface area contributed by atoms with Gasteiger partial charge in [-0.2, -0.15) is 0 Å². The molecule has 0 fully saturated rings. The molecule has 6 aromatic rings. The highest BCUT2D eigenvalue weighted by atomic mass is 31.2. The van der Waals surface area contributed by atoms with Gasteiger partial charge in [-0.3, -0.25) is 17.4 Å². The third-order valence-corrected chi connectivity index (χ3v) is 15.5. The molecular weight excluding hydrogens is 1110 g/mol. The van der Waals surface area contributed by atoms with E-state index in [1.165, 1.54) is 66.9 Å². The second-order valence-electron chi connectivity index (χ2n) is 18.3. The fourth-order valence-corrected chi connectivity index (χ4v) is 11.9. The van der Waals surface area contributed by atoms with Gasteiger partial charge in [0.05, 0.1) is 97.4 Å². The second-order valence-corrected chi connectivity index (χ2v) is 21.5. The molecule has 436 valence electrons. The summed E-state index contributed by atoms with van der Waals surface area (Å²) in [5, 5.41) is 0. The Morgan fingerprint density at radius 2 is 0.561 bits per heavy atom. The molecule has 1 aliphatic rings. The standard InChI is InChI=1S/C57H64N4O19P2/c1-13-70-49(62)35-25-58(26-36(35)50(63)71-14-2)81(59-27-37(51(64)72-15-3)38(28-59)52(65)73-16-4)79-45-23-33(9)21-43-47(45)78-48-44(57(43,11)12)22-34(10)24-46(48)80-82(60-29-39(53(66)74-17-5)40(30-60)54(67)75-18-6)61-31-41(55(68)76-19-7)42(32-61)56(69)77-20-8/h21-32H,13-20H2,1-12H3. The molecule has 0 saturated carbocycles. The first kappa shape index (κ1) is 61.2. The predicted molar refractivity (Wildman–Crippen MR) is 297 cm³/mol. The van der Waals surface area contributed by atoms with Gasteiger partial charge in [0.25, 0.3) is 0 Å². The van der Waals surface area contributed by atoms with E-state index in [2.05, 4.69) is 0 Å². The summed E-state index contributed by atoms with van der Waals surface area (Å²) in [4.78, 5) is 109. The van der Waals surface area contributed by atoms with Crippen molar-refractivity contribution in [2.75, 3.05) is 52.9 Å². The van der Waals surface area contributed by atoms with Crippen LogP contribution in [-0.4, -0.2) is 118 Å². The zero-order valence-corrected chi connectivity index (χ0v) is 49.3. The van der Waals surface area contributed by atoms with Gasteiger partial charge in [-0.05, 0) is 92.5 Å². The molecule has 5 heterocycles. The highest BCUT2D eigenvalue weighted by molar-refractivity contribution is 7.50. The van der Waals surface area contributed by atoms with Gasteiger partial charge in [-0.15, -0.1) is 0 Å².